The summed E-state index contributed by atoms with van der Waals surface area (Å²) in [5.74, 6) is 0. The SMILES string of the molecule is S=C([S-])NCCNCCNC(=S)[S-].[K+].[K+]. The molecule has 0 fully saturated rings. The summed E-state index contributed by atoms with van der Waals surface area (Å²) in [6.07, 6.45) is 0. The second-order valence-corrected chi connectivity index (χ2v) is 4.33. The minimum Gasteiger partial charge on any atom is -0.412 e. The van der Waals surface area contributed by atoms with Gasteiger partial charge in [0.05, 0.1) is 0 Å². The second-order valence-electron chi connectivity index (χ2n) is 2.18. The van der Waals surface area contributed by atoms with Gasteiger partial charge in [0.25, 0.3) is 0 Å². The maximum absolute atomic E-state index is 4.66. The van der Waals surface area contributed by atoms with Crippen molar-refractivity contribution in [3.05, 3.63) is 0 Å². The molecule has 3 N–H and O–H groups in total. The first kappa shape index (κ1) is 23.5. The Kier molecular flexibility index (Phi) is 27.4. The molecule has 15 heavy (non-hydrogen) atoms. The fourth-order valence-electron chi connectivity index (χ4n) is 0.631. The van der Waals surface area contributed by atoms with Crippen molar-refractivity contribution in [3.63, 3.8) is 0 Å². The number of nitrogens with one attached hydrogen (secondary N) is 3. The molecule has 0 saturated carbocycles. The third-order valence-electron chi connectivity index (χ3n) is 1.14. The van der Waals surface area contributed by atoms with E-state index in [1.807, 2.05) is 0 Å². The van der Waals surface area contributed by atoms with Gasteiger partial charge in [0.15, 0.2) is 0 Å². The van der Waals surface area contributed by atoms with Gasteiger partial charge < -0.3 is 65.6 Å². The van der Waals surface area contributed by atoms with Crippen LogP contribution in [0.4, 0.5) is 0 Å². The molecule has 0 heterocycles. The summed E-state index contributed by atoms with van der Waals surface area (Å²) in [4.78, 5) is 0. The standard InChI is InChI=1S/C6H13N3S4.2K/c10-5(11)8-3-1-7-2-4-9-6(12)13;;/h7H,1-4H2,(H2,8,10,11)(H2,9,12,13);;/q;2*+1/p-2. The Morgan fingerprint density at radius 1 is 0.800 bits per heavy atom. The first-order valence-electron chi connectivity index (χ1n) is 3.73. The molecule has 0 aliphatic carbocycles. The van der Waals surface area contributed by atoms with Gasteiger partial charge in [-0.25, -0.2) is 0 Å². The molecular weight excluding hydrogens is 321 g/mol. The third-order valence-corrected chi connectivity index (χ3v) is 1.72. The molecule has 9 heteroatoms. The van der Waals surface area contributed by atoms with Gasteiger partial charge in [-0.2, -0.15) is 0 Å². The predicted octanol–water partition coefficient (Wildman–Crippen LogP) is -6.57. The molecule has 0 rings (SSSR count). The van der Waals surface area contributed by atoms with Crippen LogP contribution in [0.1, 0.15) is 0 Å². The smallest absolute Gasteiger partial charge is 0.412 e. The predicted molar refractivity (Wildman–Crippen MR) is 68.8 cm³/mol. The molecule has 0 unspecified atom stereocenters. The van der Waals surface area contributed by atoms with Gasteiger partial charge in [0.1, 0.15) is 0 Å². The quantitative estimate of drug-likeness (QED) is 0.193. The Morgan fingerprint density at radius 3 is 1.40 bits per heavy atom. The zero-order chi connectivity index (χ0) is 10.1. The van der Waals surface area contributed by atoms with E-state index in [-0.39, 0.29) is 103 Å². The first-order valence-corrected chi connectivity index (χ1v) is 5.36. The largest absolute Gasteiger partial charge is 1.00 e. The molecule has 76 valence electrons. The molecule has 0 amide bonds. The minimum absolute atomic E-state index is 0. The zero-order valence-corrected chi connectivity index (χ0v) is 18.5. The van der Waals surface area contributed by atoms with Gasteiger partial charge in [0, 0.05) is 26.2 Å². The summed E-state index contributed by atoms with van der Waals surface area (Å²) >= 11 is 18.7. The molecule has 0 aromatic carbocycles. The maximum atomic E-state index is 4.66. The number of hydrogen-bond acceptors (Lipinski definition) is 5. The average molecular weight is 332 g/mol. The topological polar surface area (TPSA) is 36.1 Å². The van der Waals surface area contributed by atoms with Gasteiger partial charge in [-0.15, -0.1) is 0 Å². The maximum Gasteiger partial charge on any atom is 1.00 e. The number of thiocarbonyl (C=S) groups is 2. The van der Waals surface area contributed by atoms with Crippen molar-refractivity contribution in [2.24, 2.45) is 0 Å². The van der Waals surface area contributed by atoms with Crippen molar-refractivity contribution in [1.82, 2.24) is 16.0 Å². The summed E-state index contributed by atoms with van der Waals surface area (Å²) in [6.45, 7) is 3.15. The van der Waals surface area contributed by atoms with Crippen LogP contribution in [0.2, 0.25) is 0 Å². The fourth-order valence-corrected chi connectivity index (χ4v) is 1.04. The Labute approximate surface area is 198 Å². The molecule has 0 atom stereocenters. The van der Waals surface area contributed by atoms with Gasteiger partial charge in [0.2, 0.25) is 0 Å². The van der Waals surface area contributed by atoms with Crippen molar-refractivity contribution >= 4 is 58.3 Å². The van der Waals surface area contributed by atoms with Crippen molar-refractivity contribution < 1.29 is 103 Å². The minimum atomic E-state index is 0. The Hall–Kier alpha value is 3.45. The van der Waals surface area contributed by atoms with Crippen LogP contribution in [0.15, 0.2) is 0 Å². The summed E-state index contributed by atoms with van der Waals surface area (Å²) in [6, 6.07) is 0. The molecule has 3 nitrogen and oxygen atoms in total. The van der Waals surface area contributed by atoms with E-state index in [9.17, 15) is 0 Å². The monoisotopic (exact) mass is 331 g/mol. The van der Waals surface area contributed by atoms with Crippen LogP contribution in [0.25, 0.3) is 0 Å². The van der Waals surface area contributed by atoms with E-state index in [4.69, 9.17) is 0 Å². The van der Waals surface area contributed by atoms with E-state index >= 15 is 0 Å². The van der Waals surface area contributed by atoms with E-state index in [2.05, 4.69) is 65.6 Å². The Morgan fingerprint density at radius 2 is 1.13 bits per heavy atom. The third kappa shape index (κ3) is 23.0. The van der Waals surface area contributed by atoms with Crippen LogP contribution >= 0.6 is 24.4 Å². The van der Waals surface area contributed by atoms with Crippen molar-refractivity contribution in [1.29, 1.82) is 0 Å². The van der Waals surface area contributed by atoms with Crippen molar-refractivity contribution in [2.45, 2.75) is 0 Å². The normalized spacial score (nSPS) is 8.00. The molecule has 0 radical (unpaired) electrons. The Balaban J connectivity index is -0.000000720. The van der Waals surface area contributed by atoms with E-state index < -0.39 is 0 Å². The first-order chi connectivity index (χ1) is 6.13. The van der Waals surface area contributed by atoms with E-state index in [0.29, 0.717) is 8.64 Å². The summed E-state index contributed by atoms with van der Waals surface area (Å²) in [5, 5.41) is 8.88. The van der Waals surface area contributed by atoms with Gasteiger partial charge in [-0.3, -0.25) is 0 Å². The van der Waals surface area contributed by atoms with Crippen LogP contribution in [0, 0.1) is 0 Å². The van der Waals surface area contributed by atoms with E-state index in [1.165, 1.54) is 0 Å². The zero-order valence-electron chi connectivity index (χ0n) is 8.96. The van der Waals surface area contributed by atoms with Crippen LogP contribution in [0.3, 0.4) is 0 Å². The Bertz CT molecular complexity index is 164. The molecule has 0 aliphatic heterocycles. The van der Waals surface area contributed by atoms with Crippen molar-refractivity contribution in [2.75, 3.05) is 26.2 Å². The number of rotatable bonds is 6. The van der Waals surface area contributed by atoms with Gasteiger partial charge >= 0.3 is 103 Å². The average Bonchev–Trinajstić information content (AvgIpc) is 2.01. The van der Waals surface area contributed by atoms with E-state index in [0.717, 1.165) is 26.2 Å². The summed E-state index contributed by atoms with van der Waals surface area (Å²) in [5.41, 5.74) is 0. The number of hydrogen-bond donors (Lipinski definition) is 3. The van der Waals surface area contributed by atoms with Gasteiger partial charge in [-0.1, -0.05) is 8.64 Å². The second kappa shape index (κ2) is 17.5. The van der Waals surface area contributed by atoms with Crippen LogP contribution < -0.4 is 119 Å². The summed E-state index contributed by atoms with van der Waals surface area (Å²) in [7, 11) is 0. The fraction of sp³-hybridized carbons (Fsp3) is 0.667. The van der Waals surface area contributed by atoms with Crippen molar-refractivity contribution in [3.8, 4) is 0 Å². The molecule has 0 spiro atoms. The van der Waals surface area contributed by atoms with E-state index in [1.54, 1.807) is 0 Å². The van der Waals surface area contributed by atoms with Crippen LogP contribution in [-0.2, 0) is 25.3 Å². The van der Waals surface area contributed by atoms with Gasteiger partial charge in [-0.05, 0) is 0 Å². The summed E-state index contributed by atoms with van der Waals surface area (Å²) < 4.78 is 0.818. The molecule has 0 bridgehead atoms. The van der Waals surface area contributed by atoms with Crippen LogP contribution in [-0.4, -0.2) is 34.8 Å². The molecule has 0 saturated heterocycles. The molecule has 0 aromatic rings. The molecular formula is C6H11K2N3S4. The van der Waals surface area contributed by atoms with Crippen LogP contribution in [0.5, 0.6) is 0 Å². The molecule has 0 aromatic heterocycles. The molecule has 0 aliphatic rings.